The third kappa shape index (κ3) is 2.84. The minimum absolute atomic E-state index is 0.959. The molecule has 5 aromatic carbocycles. The summed E-state index contributed by atoms with van der Waals surface area (Å²) in [7, 11) is 0. The number of benzene rings is 5. The van der Waals surface area contributed by atoms with Crippen molar-refractivity contribution in [2.45, 2.75) is 6.42 Å². The summed E-state index contributed by atoms with van der Waals surface area (Å²) in [4.78, 5) is 4.19. The molecule has 0 saturated carbocycles. The Labute approximate surface area is 224 Å². The van der Waals surface area contributed by atoms with Crippen molar-refractivity contribution in [3.05, 3.63) is 133 Å². The molecule has 3 nitrogen and oxygen atoms in total. The maximum Gasteiger partial charge on any atom is 0.145 e. The summed E-state index contributed by atoms with van der Waals surface area (Å²) in [6, 6.07) is 39.2. The monoisotopic (exact) mass is 498 g/mol. The molecule has 0 atom stereocenters. The van der Waals surface area contributed by atoms with Crippen LogP contribution in [-0.4, -0.2) is 9.55 Å². The third-order valence-electron chi connectivity index (χ3n) is 8.31. The highest BCUT2D eigenvalue weighted by Gasteiger charge is 2.25. The van der Waals surface area contributed by atoms with Crippen LogP contribution in [0, 0.1) is 0 Å². The maximum absolute atomic E-state index is 6.90. The molecule has 0 bridgehead atoms. The van der Waals surface area contributed by atoms with Gasteiger partial charge in [-0.1, -0.05) is 66.7 Å². The molecule has 0 N–H and O–H groups in total. The Kier molecular flexibility index (Phi) is 4.11. The van der Waals surface area contributed by atoms with Crippen molar-refractivity contribution < 1.29 is 4.42 Å². The van der Waals surface area contributed by atoms with Gasteiger partial charge >= 0.3 is 0 Å². The van der Waals surface area contributed by atoms with Crippen LogP contribution in [0.2, 0.25) is 0 Å². The molecule has 0 saturated heterocycles. The Balaban J connectivity index is 1.37. The van der Waals surface area contributed by atoms with Crippen LogP contribution in [0.4, 0.5) is 0 Å². The average molecular weight is 499 g/mol. The van der Waals surface area contributed by atoms with Crippen LogP contribution in [0.1, 0.15) is 11.1 Å². The summed E-state index contributed by atoms with van der Waals surface area (Å²) in [6.07, 6.45) is 4.65. The van der Waals surface area contributed by atoms with Gasteiger partial charge in [-0.05, 0) is 76.7 Å². The molecule has 0 spiro atoms. The predicted molar refractivity (Wildman–Crippen MR) is 160 cm³/mol. The zero-order valence-corrected chi connectivity index (χ0v) is 21.1. The van der Waals surface area contributed by atoms with Gasteiger partial charge in [-0.25, -0.2) is 0 Å². The summed E-state index contributed by atoms with van der Waals surface area (Å²) < 4.78 is 9.26. The fourth-order valence-corrected chi connectivity index (χ4v) is 6.60. The van der Waals surface area contributed by atoms with E-state index in [2.05, 4.69) is 119 Å². The Bertz CT molecular complexity index is 2250. The second-order valence-corrected chi connectivity index (χ2v) is 10.4. The fourth-order valence-electron chi connectivity index (χ4n) is 6.60. The Morgan fingerprint density at radius 1 is 0.590 bits per heavy atom. The number of para-hydroxylation sites is 1. The van der Waals surface area contributed by atoms with Gasteiger partial charge in [0.1, 0.15) is 11.2 Å². The first-order chi connectivity index (χ1) is 19.3. The van der Waals surface area contributed by atoms with Crippen LogP contribution in [0.25, 0.3) is 71.7 Å². The van der Waals surface area contributed by atoms with Crippen LogP contribution in [0.5, 0.6) is 0 Å². The zero-order chi connectivity index (χ0) is 25.5. The van der Waals surface area contributed by atoms with Crippen molar-refractivity contribution in [2.75, 3.05) is 0 Å². The molecule has 0 unspecified atom stereocenters. The second kappa shape index (κ2) is 7.68. The molecule has 0 radical (unpaired) electrons. The van der Waals surface area contributed by atoms with E-state index in [-0.39, 0.29) is 0 Å². The van der Waals surface area contributed by atoms with E-state index in [1.165, 1.54) is 44.1 Å². The van der Waals surface area contributed by atoms with Gasteiger partial charge in [-0.3, -0.25) is 4.98 Å². The molecule has 3 aromatic heterocycles. The molecule has 182 valence electrons. The first kappa shape index (κ1) is 20.9. The number of rotatable bonds is 2. The predicted octanol–water partition coefficient (Wildman–Crippen LogP) is 9.32. The number of furan rings is 1. The van der Waals surface area contributed by atoms with Crippen LogP contribution < -0.4 is 0 Å². The number of hydrogen-bond acceptors (Lipinski definition) is 2. The fraction of sp³-hybridized carbons (Fsp3) is 0.0278. The van der Waals surface area contributed by atoms with Crippen molar-refractivity contribution in [1.82, 2.24) is 9.55 Å². The minimum atomic E-state index is 0.959. The molecule has 1 aliphatic rings. The Morgan fingerprint density at radius 3 is 2.36 bits per heavy atom. The van der Waals surface area contributed by atoms with E-state index in [0.29, 0.717) is 0 Å². The third-order valence-corrected chi connectivity index (χ3v) is 8.31. The van der Waals surface area contributed by atoms with Crippen LogP contribution >= 0.6 is 0 Å². The SMILES string of the molecule is c1cc(-c2ccncc2)cc(-n2c3ccccc3c3c4oc5c6c(ccc5c4ccc32)Cc2ccccc2-6)c1. The molecule has 3 heterocycles. The van der Waals surface area contributed by atoms with Crippen molar-refractivity contribution in [3.63, 3.8) is 0 Å². The lowest BCUT2D eigenvalue weighted by Crippen LogP contribution is -1.94. The van der Waals surface area contributed by atoms with Crippen LogP contribution in [-0.2, 0) is 6.42 Å². The molecular formula is C36H22N2O. The van der Waals surface area contributed by atoms with Crippen molar-refractivity contribution in [3.8, 4) is 27.9 Å². The van der Waals surface area contributed by atoms with Crippen LogP contribution in [0.15, 0.2) is 126 Å². The van der Waals surface area contributed by atoms with E-state index in [0.717, 1.165) is 45.1 Å². The first-order valence-electron chi connectivity index (χ1n) is 13.3. The number of fused-ring (bicyclic) bond motifs is 11. The number of hydrogen-bond donors (Lipinski definition) is 0. The van der Waals surface area contributed by atoms with E-state index >= 15 is 0 Å². The second-order valence-electron chi connectivity index (χ2n) is 10.4. The van der Waals surface area contributed by atoms with Crippen molar-refractivity contribution >= 4 is 43.7 Å². The lowest BCUT2D eigenvalue weighted by Gasteiger charge is -2.10. The molecule has 1 aliphatic carbocycles. The first-order valence-corrected chi connectivity index (χ1v) is 13.3. The number of nitrogens with zero attached hydrogens (tertiary/aromatic N) is 2. The molecular weight excluding hydrogens is 476 g/mol. The van der Waals surface area contributed by atoms with Crippen molar-refractivity contribution in [1.29, 1.82) is 0 Å². The smallest absolute Gasteiger partial charge is 0.145 e. The standard InChI is InChI=1S/C36H22N2O/c1-2-9-27-24(6-1)20-25-12-13-28-29-14-15-32-34(36(29)39-35(28)33(25)27)30-10-3-4-11-31(30)38(32)26-8-5-7-23(21-26)22-16-18-37-19-17-22/h1-19,21H,20H2. The highest BCUT2D eigenvalue weighted by Crippen LogP contribution is 2.46. The largest absolute Gasteiger partial charge is 0.455 e. The highest BCUT2D eigenvalue weighted by atomic mass is 16.3. The van der Waals surface area contributed by atoms with E-state index in [1.807, 2.05) is 12.4 Å². The van der Waals surface area contributed by atoms with E-state index in [1.54, 1.807) is 0 Å². The lowest BCUT2D eigenvalue weighted by molar-refractivity contribution is 0.674. The Hall–Kier alpha value is -5.15. The normalized spacial score (nSPS) is 12.5. The zero-order valence-electron chi connectivity index (χ0n) is 21.1. The summed E-state index contributed by atoms with van der Waals surface area (Å²) in [5, 5.41) is 4.70. The quantitative estimate of drug-likeness (QED) is 0.238. The summed E-state index contributed by atoms with van der Waals surface area (Å²) >= 11 is 0. The maximum atomic E-state index is 6.90. The van der Waals surface area contributed by atoms with Gasteiger partial charge in [0.25, 0.3) is 0 Å². The Morgan fingerprint density at radius 2 is 1.41 bits per heavy atom. The van der Waals surface area contributed by atoms with E-state index < -0.39 is 0 Å². The molecule has 0 amide bonds. The number of pyridine rings is 1. The molecule has 8 aromatic rings. The molecule has 0 aliphatic heterocycles. The van der Waals surface area contributed by atoms with E-state index in [9.17, 15) is 0 Å². The topological polar surface area (TPSA) is 31.0 Å². The van der Waals surface area contributed by atoms with Crippen LogP contribution in [0.3, 0.4) is 0 Å². The summed E-state index contributed by atoms with van der Waals surface area (Å²) in [6.45, 7) is 0. The van der Waals surface area contributed by atoms with Gasteiger partial charge in [-0.15, -0.1) is 0 Å². The summed E-state index contributed by atoms with van der Waals surface area (Å²) in [5.74, 6) is 0. The van der Waals surface area contributed by atoms with Gasteiger partial charge < -0.3 is 8.98 Å². The molecule has 0 fully saturated rings. The van der Waals surface area contributed by atoms with Gasteiger partial charge in [0, 0.05) is 39.8 Å². The van der Waals surface area contributed by atoms with Crippen molar-refractivity contribution in [2.24, 2.45) is 0 Å². The van der Waals surface area contributed by atoms with E-state index in [4.69, 9.17) is 4.42 Å². The molecule has 39 heavy (non-hydrogen) atoms. The van der Waals surface area contributed by atoms with Gasteiger partial charge in [-0.2, -0.15) is 0 Å². The number of aromatic nitrogens is 2. The van der Waals surface area contributed by atoms with Gasteiger partial charge in [0.15, 0.2) is 0 Å². The molecule has 3 heteroatoms. The average Bonchev–Trinajstić information content (AvgIpc) is 3.66. The molecule has 9 rings (SSSR count). The minimum Gasteiger partial charge on any atom is -0.455 e. The summed E-state index contributed by atoms with van der Waals surface area (Å²) in [5.41, 5.74) is 13.0. The highest BCUT2D eigenvalue weighted by molar-refractivity contribution is 6.25. The lowest BCUT2D eigenvalue weighted by atomic mass is 10.0. The van der Waals surface area contributed by atoms with Gasteiger partial charge in [0.2, 0.25) is 0 Å². The van der Waals surface area contributed by atoms with Gasteiger partial charge in [0.05, 0.1) is 16.4 Å².